The Hall–Kier alpha value is -4.29. The first-order chi connectivity index (χ1) is 19.2. The van der Waals surface area contributed by atoms with Crippen LogP contribution in [0, 0.1) is 23.0 Å². The second kappa shape index (κ2) is 11.4. The fourth-order valence-electron chi connectivity index (χ4n) is 4.81. The van der Waals surface area contributed by atoms with Crippen LogP contribution in [0.15, 0.2) is 65.8 Å². The van der Waals surface area contributed by atoms with Gasteiger partial charge in [-0.1, -0.05) is 17.7 Å². The molecule has 0 spiro atoms. The number of aromatic amines is 1. The Morgan fingerprint density at radius 3 is 2.73 bits per heavy atom. The van der Waals surface area contributed by atoms with E-state index in [9.17, 15) is 23.3 Å². The summed E-state index contributed by atoms with van der Waals surface area (Å²) in [7, 11) is -4.40. The van der Waals surface area contributed by atoms with Crippen LogP contribution < -0.4 is 10.0 Å². The smallest absolute Gasteiger partial charge is 0.293 e. The third-order valence-electron chi connectivity index (χ3n) is 6.98. The number of amides is 1. The second-order valence-electron chi connectivity index (χ2n) is 9.90. The molecule has 3 heterocycles. The first kappa shape index (κ1) is 27.3. The number of H-pyrrole nitrogens is 1. The van der Waals surface area contributed by atoms with Gasteiger partial charge in [0.15, 0.2) is 0 Å². The number of benzene rings is 2. The highest BCUT2D eigenvalue weighted by molar-refractivity contribution is 7.90. The van der Waals surface area contributed by atoms with Crippen LogP contribution >= 0.6 is 0 Å². The summed E-state index contributed by atoms with van der Waals surface area (Å²) in [6.45, 7) is 3.68. The number of carbonyl (C=O) groups is 1. The molecule has 2 aromatic heterocycles. The molecule has 208 valence electrons. The Bertz CT molecular complexity index is 1680. The maximum Gasteiger partial charge on any atom is 0.293 e. The van der Waals surface area contributed by atoms with Crippen LogP contribution in [0.25, 0.3) is 11.0 Å². The highest BCUT2D eigenvalue weighted by Gasteiger charge is 2.25. The number of carbonyl (C=O) groups excluding carboxylic acids is 1. The number of nitrogens with one attached hydrogen (secondary N) is 3. The summed E-state index contributed by atoms with van der Waals surface area (Å²) in [5.41, 5.74) is 3.16. The third-order valence-corrected chi connectivity index (χ3v) is 8.31. The summed E-state index contributed by atoms with van der Waals surface area (Å²) in [6, 6.07) is 12.6. The van der Waals surface area contributed by atoms with E-state index in [-0.39, 0.29) is 21.8 Å². The highest BCUT2D eigenvalue weighted by atomic mass is 32.2. The Kier molecular flexibility index (Phi) is 7.81. The third kappa shape index (κ3) is 6.13. The number of nitro groups is 1. The minimum Gasteiger partial charge on any atom is -0.381 e. The zero-order chi connectivity index (χ0) is 28.3. The molecule has 0 saturated carbocycles. The summed E-state index contributed by atoms with van der Waals surface area (Å²) in [5.74, 6) is -0.518. The number of nitro benzene ring substituents is 1. The van der Waals surface area contributed by atoms with E-state index in [4.69, 9.17) is 4.74 Å². The van der Waals surface area contributed by atoms with Gasteiger partial charge < -0.3 is 15.0 Å². The molecule has 0 aliphatic carbocycles. The van der Waals surface area contributed by atoms with Crippen LogP contribution in [0.1, 0.15) is 39.9 Å². The van der Waals surface area contributed by atoms with Crippen molar-refractivity contribution < 1.29 is 22.9 Å². The number of aromatic nitrogens is 2. The highest BCUT2D eigenvalue weighted by Crippen LogP contribution is 2.29. The van der Waals surface area contributed by atoms with Gasteiger partial charge in [0.05, 0.1) is 9.82 Å². The van der Waals surface area contributed by atoms with E-state index in [2.05, 4.69) is 20.0 Å². The van der Waals surface area contributed by atoms with Crippen LogP contribution in [-0.4, -0.2) is 49.0 Å². The molecule has 1 aliphatic rings. The number of anilines is 1. The van der Waals surface area contributed by atoms with Gasteiger partial charge in [0.2, 0.25) is 0 Å². The molecule has 40 heavy (non-hydrogen) atoms. The maximum atomic E-state index is 13.2. The number of ether oxygens (including phenoxy) is 1. The van der Waals surface area contributed by atoms with Crippen LogP contribution in [0.3, 0.4) is 0 Å². The van der Waals surface area contributed by atoms with E-state index >= 15 is 0 Å². The van der Waals surface area contributed by atoms with Crippen LogP contribution in [-0.2, 0) is 21.2 Å². The Morgan fingerprint density at radius 1 is 1.15 bits per heavy atom. The van der Waals surface area contributed by atoms with Crippen molar-refractivity contribution in [1.29, 1.82) is 0 Å². The second-order valence-corrected chi connectivity index (χ2v) is 11.6. The number of fused-ring (bicyclic) bond motifs is 1. The van der Waals surface area contributed by atoms with E-state index in [0.717, 1.165) is 41.1 Å². The molecule has 12 heteroatoms. The first-order valence-corrected chi connectivity index (χ1v) is 14.4. The molecule has 0 atom stereocenters. The molecule has 3 N–H and O–H groups in total. The van der Waals surface area contributed by atoms with Crippen molar-refractivity contribution in [3.63, 3.8) is 0 Å². The maximum absolute atomic E-state index is 13.2. The van der Waals surface area contributed by atoms with E-state index in [1.165, 1.54) is 12.1 Å². The van der Waals surface area contributed by atoms with E-state index < -0.39 is 20.9 Å². The molecule has 1 fully saturated rings. The van der Waals surface area contributed by atoms with Gasteiger partial charge in [0.1, 0.15) is 11.3 Å². The quantitative estimate of drug-likeness (QED) is 0.201. The fraction of sp³-hybridized carbons (Fsp3) is 0.286. The Morgan fingerprint density at radius 2 is 1.95 bits per heavy atom. The fourth-order valence-corrected chi connectivity index (χ4v) is 5.80. The van der Waals surface area contributed by atoms with Gasteiger partial charge in [0.25, 0.3) is 21.6 Å². The predicted molar refractivity (Wildman–Crippen MR) is 150 cm³/mol. The van der Waals surface area contributed by atoms with Crippen molar-refractivity contribution in [2.45, 2.75) is 31.1 Å². The van der Waals surface area contributed by atoms with Crippen molar-refractivity contribution in [3.8, 4) is 0 Å². The molecular weight excluding hydrogens is 534 g/mol. The largest absolute Gasteiger partial charge is 0.381 e. The number of pyridine rings is 1. The van der Waals surface area contributed by atoms with E-state index in [1.54, 1.807) is 24.5 Å². The molecular formula is C28H29N5O6S. The molecule has 2 aromatic carbocycles. The molecule has 11 nitrogen and oxygen atoms in total. The zero-order valence-corrected chi connectivity index (χ0v) is 22.7. The lowest BCUT2D eigenvalue weighted by atomic mass is 9.98. The molecule has 1 amide bonds. The molecule has 0 unspecified atom stereocenters. The lowest BCUT2D eigenvalue weighted by Crippen LogP contribution is -2.31. The standard InChI is InChI=1S/C28H29N5O6S/c1-18-2-4-24(22(12-18)14-20-13-21-6-9-29-27(21)31-17-20)28(34)32-40(37,38)23-3-5-25(26(15-23)33(35)36)30-16-19-7-10-39-11-8-19/h2-6,9,12-13,15,17,19,30H,7-8,10-11,14,16H2,1H3,(H,29,31)(H,32,34). The molecule has 0 bridgehead atoms. The minimum atomic E-state index is -4.40. The number of sulfonamides is 1. The van der Waals surface area contributed by atoms with Crippen molar-refractivity contribution in [2.75, 3.05) is 25.1 Å². The Balaban J connectivity index is 1.35. The van der Waals surface area contributed by atoms with Gasteiger partial charge in [-0.2, -0.15) is 0 Å². The number of nitrogens with zero attached hydrogens (tertiary/aromatic N) is 2. The van der Waals surface area contributed by atoms with Crippen molar-refractivity contribution in [3.05, 3.63) is 93.3 Å². The summed E-state index contributed by atoms with van der Waals surface area (Å²) in [4.78, 5) is 31.4. The molecule has 4 aromatic rings. The molecule has 5 rings (SSSR count). The topological polar surface area (TPSA) is 156 Å². The van der Waals surface area contributed by atoms with E-state index in [0.29, 0.717) is 37.7 Å². The lowest BCUT2D eigenvalue weighted by molar-refractivity contribution is -0.384. The normalized spacial score (nSPS) is 14.2. The van der Waals surface area contributed by atoms with Crippen molar-refractivity contribution >= 4 is 38.3 Å². The van der Waals surface area contributed by atoms with Crippen LogP contribution in [0.5, 0.6) is 0 Å². The zero-order valence-electron chi connectivity index (χ0n) is 21.8. The average molecular weight is 564 g/mol. The van der Waals surface area contributed by atoms with Crippen LogP contribution in [0.2, 0.25) is 0 Å². The first-order valence-electron chi connectivity index (χ1n) is 12.9. The summed E-state index contributed by atoms with van der Waals surface area (Å²) in [6.07, 6.45) is 5.54. The van der Waals surface area contributed by atoms with Gasteiger partial charge in [-0.15, -0.1) is 0 Å². The van der Waals surface area contributed by atoms with Gasteiger partial charge in [-0.25, -0.2) is 18.1 Å². The van der Waals surface area contributed by atoms with Gasteiger partial charge in [-0.3, -0.25) is 14.9 Å². The lowest BCUT2D eigenvalue weighted by Gasteiger charge is -2.22. The number of hydrogen-bond acceptors (Lipinski definition) is 8. The Labute approximate surface area is 231 Å². The molecule has 1 saturated heterocycles. The monoisotopic (exact) mass is 563 g/mol. The minimum absolute atomic E-state index is 0.188. The van der Waals surface area contributed by atoms with Crippen molar-refractivity contribution in [1.82, 2.24) is 14.7 Å². The van der Waals surface area contributed by atoms with Crippen LogP contribution in [0.4, 0.5) is 11.4 Å². The van der Waals surface area contributed by atoms with Gasteiger partial charge in [0, 0.05) is 49.2 Å². The molecule has 0 radical (unpaired) electrons. The van der Waals surface area contributed by atoms with Gasteiger partial charge >= 0.3 is 0 Å². The van der Waals surface area contributed by atoms with Gasteiger partial charge in [-0.05, 0) is 73.6 Å². The SMILES string of the molecule is Cc1ccc(C(=O)NS(=O)(=O)c2ccc(NCC3CCOCC3)c([N+](=O)[O-])c2)c(Cc2cnc3[nH]ccc3c2)c1. The number of rotatable bonds is 9. The molecule has 1 aliphatic heterocycles. The number of aryl methyl sites for hydroxylation is 1. The summed E-state index contributed by atoms with van der Waals surface area (Å²) >= 11 is 0. The summed E-state index contributed by atoms with van der Waals surface area (Å²) in [5, 5.41) is 15.8. The predicted octanol–water partition coefficient (Wildman–Crippen LogP) is 4.33. The number of hydrogen-bond donors (Lipinski definition) is 3. The average Bonchev–Trinajstić information content (AvgIpc) is 3.40. The van der Waals surface area contributed by atoms with E-state index in [1.807, 2.05) is 25.1 Å². The van der Waals surface area contributed by atoms with Crippen molar-refractivity contribution in [2.24, 2.45) is 5.92 Å². The summed E-state index contributed by atoms with van der Waals surface area (Å²) < 4.78 is 33.7.